The van der Waals surface area contributed by atoms with Gasteiger partial charge >= 0.3 is 0 Å². The van der Waals surface area contributed by atoms with Gasteiger partial charge in [0.25, 0.3) is 5.91 Å². The van der Waals surface area contributed by atoms with Crippen LogP contribution >= 0.6 is 11.6 Å². The Labute approximate surface area is 223 Å². The second-order valence-corrected chi connectivity index (χ2v) is 10.6. The maximum absolute atomic E-state index is 13.0. The Bertz CT molecular complexity index is 1190. The van der Waals surface area contributed by atoms with Crippen molar-refractivity contribution in [1.82, 2.24) is 10.3 Å². The first-order chi connectivity index (χ1) is 18.1. The second kappa shape index (κ2) is 11.4. The van der Waals surface area contributed by atoms with Gasteiger partial charge < -0.3 is 19.7 Å². The van der Waals surface area contributed by atoms with Gasteiger partial charge in [-0.2, -0.15) is 0 Å². The van der Waals surface area contributed by atoms with E-state index >= 15 is 0 Å². The molecule has 0 radical (unpaired) electrons. The number of ether oxygens (including phenoxy) is 2. The first kappa shape index (κ1) is 25.4. The molecule has 1 amide bonds. The van der Waals surface area contributed by atoms with Crippen LogP contribution in [0.25, 0.3) is 0 Å². The Morgan fingerprint density at radius 1 is 1.05 bits per heavy atom. The molecule has 1 aliphatic heterocycles. The Balaban J connectivity index is 1.18. The number of aromatic nitrogens is 1. The van der Waals surface area contributed by atoms with Gasteiger partial charge in [0.2, 0.25) is 0 Å². The van der Waals surface area contributed by atoms with E-state index in [2.05, 4.69) is 27.3 Å². The van der Waals surface area contributed by atoms with E-state index in [1.807, 2.05) is 42.7 Å². The fourth-order valence-electron chi connectivity index (χ4n) is 5.36. The van der Waals surface area contributed by atoms with E-state index in [4.69, 9.17) is 21.1 Å². The molecule has 194 valence electrons. The predicted octanol–water partition coefficient (Wildman–Crippen LogP) is 5.89. The van der Waals surface area contributed by atoms with E-state index in [0.29, 0.717) is 36.1 Å². The van der Waals surface area contributed by atoms with E-state index in [9.17, 15) is 4.79 Å². The van der Waals surface area contributed by atoms with Gasteiger partial charge in [-0.05, 0) is 79.6 Å². The Hall–Kier alpha value is -3.25. The number of halogens is 1. The van der Waals surface area contributed by atoms with Crippen LogP contribution in [0, 0.1) is 5.92 Å². The van der Waals surface area contributed by atoms with Crippen LogP contribution in [0.3, 0.4) is 0 Å². The third-order valence-corrected chi connectivity index (χ3v) is 8.14. The van der Waals surface area contributed by atoms with Crippen molar-refractivity contribution < 1.29 is 14.3 Å². The molecule has 1 aliphatic carbocycles. The van der Waals surface area contributed by atoms with Gasteiger partial charge in [-0.15, -0.1) is 0 Å². The van der Waals surface area contributed by atoms with Crippen LogP contribution in [-0.2, 0) is 5.41 Å². The highest BCUT2D eigenvalue weighted by Crippen LogP contribution is 2.45. The average molecular weight is 520 g/mol. The summed E-state index contributed by atoms with van der Waals surface area (Å²) < 4.78 is 11.8. The molecule has 1 N–H and O–H groups in total. The molecule has 3 aromatic rings. The zero-order chi connectivity index (χ0) is 25.7. The molecule has 1 aromatic heterocycles. The molecule has 6 nitrogen and oxygen atoms in total. The highest BCUT2D eigenvalue weighted by atomic mass is 35.5. The number of rotatable bonds is 9. The number of pyridine rings is 1. The number of carbonyl (C=O) groups excluding carboxylic acids is 1. The van der Waals surface area contributed by atoms with Crippen molar-refractivity contribution in [2.45, 2.75) is 37.5 Å². The zero-order valence-electron chi connectivity index (χ0n) is 21.3. The molecule has 2 heterocycles. The number of hydrogen-bond acceptors (Lipinski definition) is 5. The normalized spacial score (nSPS) is 17.1. The average Bonchev–Trinajstić information content (AvgIpc) is 2.92. The summed E-state index contributed by atoms with van der Waals surface area (Å²) in [6, 6.07) is 17.6. The van der Waals surface area contributed by atoms with Gasteiger partial charge in [0.05, 0.1) is 13.7 Å². The quantitative estimate of drug-likeness (QED) is 0.382. The first-order valence-electron chi connectivity index (χ1n) is 13.1. The predicted molar refractivity (Wildman–Crippen MR) is 147 cm³/mol. The van der Waals surface area contributed by atoms with Crippen LogP contribution in [0.1, 0.15) is 48.0 Å². The Morgan fingerprint density at radius 3 is 2.43 bits per heavy atom. The number of carbonyl (C=O) groups is 1. The molecule has 0 unspecified atom stereocenters. The third kappa shape index (κ3) is 5.85. The van der Waals surface area contributed by atoms with E-state index < -0.39 is 0 Å². The van der Waals surface area contributed by atoms with Crippen molar-refractivity contribution in [3.05, 3.63) is 83.1 Å². The highest BCUT2D eigenvalue weighted by Gasteiger charge is 2.39. The van der Waals surface area contributed by atoms with Crippen molar-refractivity contribution in [1.29, 1.82) is 0 Å². The lowest BCUT2D eigenvalue weighted by Crippen LogP contribution is -2.40. The van der Waals surface area contributed by atoms with Crippen LogP contribution in [0.4, 0.5) is 5.69 Å². The summed E-state index contributed by atoms with van der Waals surface area (Å²) in [5, 5.41) is 3.87. The summed E-state index contributed by atoms with van der Waals surface area (Å²) in [6.45, 7) is 3.18. The van der Waals surface area contributed by atoms with E-state index in [-0.39, 0.29) is 11.3 Å². The molecule has 5 rings (SSSR count). The van der Waals surface area contributed by atoms with Crippen molar-refractivity contribution in [3.8, 4) is 11.5 Å². The first-order valence-corrected chi connectivity index (χ1v) is 13.4. The van der Waals surface area contributed by atoms with Crippen molar-refractivity contribution >= 4 is 23.2 Å². The lowest BCUT2D eigenvalue weighted by atomic mass is 9.65. The van der Waals surface area contributed by atoms with Gasteiger partial charge in [-0.25, -0.2) is 0 Å². The lowest BCUT2D eigenvalue weighted by Gasteiger charge is -2.42. The summed E-state index contributed by atoms with van der Waals surface area (Å²) in [7, 11) is 1.62. The fourth-order valence-corrected chi connectivity index (χ4v) is 5.49. The molecule has 1 saturated carbocycles. The maximum Gasteiger partial charge on any atom is 0.251 e. The van der Waals surface area contributed by atoms with Crippen LogP contribution in [0.5, 0.6) is 11.5 Å². The van der Waals surface area contributed by atoms with Gasteiger partial charge in [0, 0.05) is 53.7 Å². The van der Waals surface area contributed by atoms with Crippen LogP contribution < -0.4 is 19.7 Å². The highest BCUT2D eigenvalue weighted by molar-refractivity contribution is 6.30. The topological polar surface area (TPSA) is 63.7 Å². The zero-order valence-corrected chi connectivity index (χ0v) is 22.0. The Kier molecular flexibility index (Phi) is 7.85. The molecule has 1 saturated heterocycles. The number of amides is 1. The van der Waals surface area contributed by atoms with Crippen molar-refractivity contribution in [2.75, 3.05) is 38.3 Å². The SMILES string of the molecule is COc1ccc(C(=O)NCC2CCN(c3ccncc3)CC2)cc1OCC1(c2ccc(Cl)cc2)CCC1. The van der Waals surface area contributed by atoms with E-state index in [0.717, 1.165) is 43.8 Å². The molecule has 37 heavy (non-hydrogen) atoms. The summed E-state index contributed by atoms with van der Waals surface area (Å²) in [4.78, 5) is 19.5. The largest absolute Gasteiger partial charge is 0.493 e. The van der Waals surface area contributed by atoms with Crippen LogP contribution in [0.15, 0.2) is 67.0 Å². The third-order valence-electron chi connectivity index (χ3n) is 7.89. The number of anilines is 1. The summed E-state index contributed by atoms with van der Waals surface area (Å²) in [6.07, 6.45) is 9.07. The Morgan fingerprint density at radius 2 is 1.78 bits per heavy atom. The van der Waals surface area contributed by atoms with Gasteiger partial charge in [-0.1, -0.05) is 30.2 Å². The molecule has 0 atom stereocenters. The number of methoxy groups -OCH3 is 1. The number of hydrogen-bond donors (Lipinski definition) is 1. The molecule has 0 bridgehead atoms. The summed E-state index contributed by atoms with van der Waals surface area (Å²) in [5.74, 6) is 1.61. The minimum Gasteiger partial charge on any atom is -0.493 e. The van der Waals surface area contributed by atoms with E-state index in [1.54, 1.807) is 19.2 Å². The second-order valence-electron chi connectivity index (χ2n) is 10.1. The monoisotopic (exact) mass is 519 g/mol. The molecule has 2 aliphatic rings. The maximum atomic E-state index is 13.0. The fraction of sp³-hybridized carbons (Fsp3) is 0.400. The smallest absolute Gasteiger partial charge is 0.251 e. The molecule has 2 aromatic carbocycles. The van der Waals surface area contributed by atoms with Gasteiger partial charge in [0.15, 0.2) is 11.5 Å². The van der Waals surface area contributed by atoms with Crippen LogP contribution in [0.2, 0.25) is 5.02 Å². The number of benzene rings is 2. The molecular formula is C30H34ClN3O3. The lowest BCUT2D eigenvalue weighted by molar-refractivity contribution is 0.0943. The summed E-state index contributed by atoms with van der Waals surface area (Å²) in [5.41, 5.74) is 3.01. The minimum atomic E-state index is -0.0832. The minimum absolute atomic E-state index is 0.0288. The molecule has 7 heteroatoms. The van der Waals surface area contributed by atoms with Crippen molar-refractivity contribution in [2.24, 2.45) is 5.92 Å². The van der Waals surface area contributed by atoms with Gasteiger partial charge in [0.1, 0.15) is 0 Å². The van der Waals surface area contributed by atoms with Crippen molar-refractivity contribution in [3.63, 3.8) is 0 Å². The number of nitrogens with one attached hydrogen (secondary N) is 1. The number of nitrogens with zero attached hydrogens (tertiary/aromatic N) is 2. The molecule has 2 fully saturated rings. The van der Waals surface area contributed by atoms with E-state index in [1.165, 1.54) is 17.7 Å². The van der Waals surface area contributed by atoms with Gasteiger partial charge in [-0.3, -0.25) is 9.78 Å². The molecular weight excluding hydrogens is 486 g/mol. The summed E-state index contributed by atoms with van der Waals surface area (Å²) >= 11 is 6.10. The number of piperidine rings is 1. The molecule has 0 spiro atoms. The standard InChI is InChI=1S/C30H34ClN3O3/c1-36-27-8-3-23(19-28(27)37-21-30(13-2-14-30)24-4-6-25(31)7-5-24)29(35)33-20-22-11-17-34(18-12-22)26-9-15-32-16-10-26/h3-10,15-16,19,22H,2,11-14,17-18,20-21H2,1H3,(H,33,35). The van der Waals surface area contributed by atoms with Crippen LogP contribution in [-0.4, -0.2) is 44.2 Å².